The fourth-order valence-electron chi connectivity index (χ4n) is 1.77. The lowest BCUT2D eigenvalue weighted by atomic mass is 9.93. The summed E-state index contributed by atoms with van der Waals surface area (Å²) in [4.78, 5) is 1.47. The Labute approximate surface area is 113 Å². The van der Waals surface area contributed by atoms with E-state index in [2.05, 4.69) is 0 Å². The Bertz CT molecular complexity index is 558. The lowest BCUT2D eigenvalue weighted by Crippen LogP contribution is -2.37. The van der Waals surface area contributed by atoms with Crippen LogP contribution in [0.1, 0.15) is 13.8 Å². The second-order valence-electron chi connectivity index (χ2n) is 5.38. The van der Waals surface area contributed by atoms with E-state index in [0.717, 1.165) is 6.07 Å². The van der Waals surface area contributed by atoms with Crippen molar-refractivity contribution in [2.45, 2.75) is 18.7 Å². The molecule has 0 aliphatic rings. The van der Waals surface area contributed by atoms with E-state index in [0.29, 0.717) is 18.8 Å². The Morgan fingerprint density at radius 2 is 1.95 bits per heavy atom. The molecular formula is C12H20FN3O2S. The molecule has 19 heavy (non-hydrogen) atoms. The summed E-state index contributed by atoms with van der Waals surface area (Å²) < 4.78 is 36.2. The molecule has 1 rings (SSSR count). The summed E-state index contributed by atoms with van der Waals surface area (Å²) in [7, 11) is -2.16. The van der Waals surface area contributed by atoms with Crippen molar-refractivity contribution in [3.05, 3.63) is 24.0 Å². The Morgan fingerprint density at radius 1 is 1.37 bits per heavy atom. The summed E-state index contributed by atoms with van der Waals surface area (Å²) in [5.41, 5.74) is 5.78. The zero-order chi connectivity index (χ0) is 14.8. The van der Waals surface area contributed by atoms with Crippen LogP contribution in [-0.4, -0.2) is 28.6 Å². The van der Waals surface area contributed by atoms with Crippen molar-refractivity contribution in [2.75, 3.05) is 25.0 Å². The summed E-state index contributed by atoms with van der Waals surface area (Å²) >= 11 is 0. The van der Waals surface area contributed by atoms with E-state index in [1.54, 1.807) is 11.9 Å². The van der Waals surface area contributed by atoms with Crippen LogP contribution in [-0.2, 0) is 10.0 Å². The second kappa shape index (κ2) is 5.44. The number of primary sulfonamides is 1. The third kappa shape index (κ3) is 4.15. The van der Waals surface area contributed by atoms with Gasteiger partial charge in [-0.25, -0.2) is 17.9 Å². The maximum atomic E-state index is 13.9. The van der Waals surface area contributed by atoms with Crippen LogP contribution in [0.15, 0.2) is 23.1 Å². The average molecular weight is 289 g/mol. The van der Waals surface area contributed by atoms with Gasteiger partial charge in [0.1, 0.15) is 5.82 Å². The smallest absolute Gasteiger partial charge is 0.238 e. The molecule has 0 atom stereocenters. The van der Waals surface area contributed by atoms with Crippen LogP contribution in [0, 0.1) is 11.2 Å². The van der Waals surface area contributed by atoms with Crippen LogP contribution < -0.4 is 15.8 Å². The molecule has 0 saturated carbocycles. The van der Waals surface area contributed by atoms with Gasteiger partial charge in [-0.3, -0.25) is 0 Å². The molecule has 0 amide bonds. The van der Waals surface area contributed by atoms with Gasteiger partial charge in [-0.2, -0.15) is 0 Å². The van der Waals surface area contributed by atoms with E-state index in [-0.39, 0.29) is 10.3 Å². The Balaban J connectivity index is 3.04. The zero-order valence-corrected chi connectivity index (χ0v) is 12.2. The predicted octanol–water partition coefficient (Wildman–Crippen LogP) is 0.894. The van der Waals surface area contributed by atoms with Gasteiger partial charge in [0.25, 0.3) is 0 Å². The van der Waals surface area contributed by atoms with E-state index in [1.165, 1.54) is 12.1 Å². The first-order valence-corrected chi connectivity index (χ1v) is 7.35. The summed E-state index contributed by atoms with van der Waals surface area (Å²) in [5, 5.41) is 4.95. The highest BCUT2D eigenvalue weighted by molar-refractivity contribution is 7.89. The fraction of sp³-hybridized carbons (Fsp3) is 0.500. The number of nitrogens with zero attached hydrogens (tertiary/aromatic N) is 1. The van der Waals surface area contributed by atoms with Crippen molar-refractivity contribution in [1.82, 2.24) is 0 Å². The highest BCUT2D eigenvalue weighted by Crippen LogP contribution is 2.24. The molecule has 0 spiro atoms. The first kappa shape index (κ1) is 15.9. The Hall–Kier alpha value is -1.18. The van der Waals surface area contributed by atoms with Crippen LogP contribution in [0.4, 0.5) is 10.1 Å². The highest BCUT2D eigenvalue weighted by atomic mass is 32.2. The van der Waals surface area contributed by atoms with Gasteiger partial charge in [0.2, 0.25) is 10.0 Å². The van der Waals surface area contributed by atoms with Gasteiger partial charge >= 0.3 is 0 Å². The molecular weight excluding hydrogens is 269 g/mol. The van der Waals surface area contributed by atoms with Crippen LogP contribution in [0.25, 0.3) is 0 Å². The Morgan fingerprint density at radius 3 is 2.37 bits per heavy atom. The van der Waals surface area contributed by atoms with E-state index < -0.39 is 15.8 Å². The molecule has 0 aromatic heterocycles. The SMILES string of the molecule is CN(CC(C)(C)CN)c1ccc(S(N)(=O)=O)cc1F. The summed E-state index contributed by atoms with van der Waals surface area (Å²) in [6, 6.07) is 3.62. The lowest BCUT2D eigenvalue weighted by Gasteiger charge is -2.30. The molecule has 7 heteroatoms. The van der Waals surface area contributed by atoms with Crippen molar-refractivity contribution in [1.29, 1.82) is 0 Å². The quantitative estimate of drug-likeness (QED) is 0.842. The number of rotatable bonds is 5. The number of anilines is 1. The van der Waals surface area contributed by atoms with E-state index in [9.17, 15) is 12.8 Å². The molecule has 1 aromatic carbocycles. The van der Waals surface area contributed by atoms with Crippen molar-refractivity contribution < 1.29 is 12.8 Å². The highest BCUT2D eigenvalue weighted by Gasteiger charge is 2.21. The van der Waals surface area contributed by atoms with Gasteiger partial charge in [0.05, 0.1) is 10.6 Å². The number of hydrogen-bond acceptors (Lipinski definition) is 4. The van der Waals surface area contributed by atoms with E-state index in [4.69, 9.17) is 10.9 Å². The molecule has 0 radical (unpaired) electrons. The zero-order valence-electron chi connectivity index (χ0n) is 11.4. The van der Waals surface area contributed by atoms with Gasteiger partial charge in [-0.05, 0) is 30.2 Å². The molecule has 0 aliphatic heterocycles. The average Bonchev–Trinajstić information content (AvgIpc) is 2.26. The summed E-state index contributed by atoms with van der Waals surface area (Å²) in [5.74, 6) is -0.623. The van der Waals surface area contributed by atoms with Crippen LogP contribution >= 0.6 is 0 Å². The summed E-state index contributed by atoms with van der Waals surface area (Å²) in [6.07, 6.45) is 0. The minimum absolute atomic E-state index is 0.167. The molecule has 0 fully saturated rings. The largest absolute Gasteiger partial charge is 0.372 e. The molecule has 0 bridgehead atoms. The van der Waals surface area contributed by atoms with Gasteiger partial charge < -0.3 is 10.6 Å². The third-order valence-electron chi connectivity index (χ3n) is 2.88. The molecule has 4 N–H and O–H groups in total. The predicted molar refractivity (Wildman–Crippen MR) is 73.9 cm³/mol. The van der Waals surface area contributed by atoms with E-state index >= 15 is 0 Å². The molecule has 5 nitrogen and oxygen atoms in total. The van der Waals surface area contributed by atoms with Crippen molar-refractivity contribution in [2.24, 2.45) is 16.3 Å². The molecule has 1 aromatic rings. The Kier molecular flexibility index (Phi) is 4.54. The minimum Gasteiger partial charge on any atom is -0.372 e. The number of sulfonamides is 1. The number of benzene rings is 1. The van der Waals surface area contributed by atoms with Crippen molar-refractivity contribution >= 4 is 15.7 Å². The van der Waals surface area contributed by atoms with Gasteiger partial charge in [0, 0.05) is 13.6 Å². The van der Waals surface area contributed by atoms with Gasteiger partial charge in [-0.1, -0.05) is 13.8 Å². The molecule has 0 aliphatic carbocycles. The number of halogens is 1. The fourth-order valence-corrected chi connectivity index (χ4v) is 2.29. The van der Waals surface area contributed by atoms with Gasteiger partial charge in [0.15, 0.2) is 0 Å². The standard InChI is InChI=1S/C12H20FN3O2S/c1-12(2,7-14)8-16(3)11-5-4-9(6-10(11)13)19(15,17)18/h4-6H,7-8,14H2,1-3H3,(H2,15,17,18). The number of nitrogens with two attached hydrogens (primary N) is 2. The van der Waals surface area contributed by atoms with Crippen LogP contribution in [0.2, 0.25) is 0 Å². The van der Waals surface area contributed by atoms with Crippen molar-refractivity contribution in [3.8, 4) is 0 Å². The lowest BCUT2D eigenvalue weighted by molar-refractivity contribution is 0.383. The van der Waals surface area contributed by atoms with Crippen molar-refractivity contribution in [3.63, 3.8) is 0 Å². The van der Waals surface area contributed by atoms with E-state index in [1.807, 2.05) is 13.8 Å². The molecule has 0 unspecified atom stereocenters. The van der Waals surface area contributed by atoms with Crippen LogP contribution in [0.3, 0.4) is 0 Å². The molecule has 0 heterocycles. The first-order chi connectivity index (χ1) is 8.57. The normalized spacial score (nSPS) is 12.5. The maximum Gasteiger partial charge on any atom is 0.238 e. The molecule has 0 saturated heterocycles. The van der Waals surface area contributed by atoms with Gasteiger partial charge in [-0.15, -0.1) is 0 Å². The summed E-state index contributed by atoms with van der Waals surface area (Å²) in [6.45, 7) is 4.96. The second-order valence-corrected chi connectivity index (χ2v) is 6.94. The maximum absolute atomic E-state index is 13.9. The number of hydrogen-bond donors (Lipinski definition) is 2. The van der Waals surface area contributed by atoms with Crippen LogP contribution in [0.5, 0.6) is 0 Å². The third-order valence-corrected chi connectivity index (χ3v) is 3.79. The monoisotopic (exact) mass is 289 g/mol. The first-order valence-electron chi connectivity index (χ1n) is 5.80. The topological polar surface area (TPSA) is 89.4 Å². The minimum atomic E-state index is -3.89. The molecule has 108 valence electrons.